The molecule has 1 fully saturated rings. The second-order valence-corrected chi connectivity index (χ2v) is 7.32. The van der Waals surface area contributed by atoms with Gasteiger partial charge in [-0.2, -0.15) is 0 Å². The molecule has 2 aliphatic rings. The first kappa shape index (κ1) is 17.5. The predicted octanol–water partition coefficient (Wildman–Crippen LogP) is 3.06. The normalized spacial score (nSPS) is 28.6. The first-order valence-electron chi connectivity index (χ1n) is 9.10. The molecular formula is C22H21NO4. The molecule has 138 valence electrons. The fourth-order valence-corrected chi connectivity index (χ4v) is 4.99. The van der Waals surface area contributed by atoms with Gasteiger partial charge in [0, 0.05) is 23.9 Å². The summed E-state index contributed by atoms with van der Waals surface area (Å²) >= 11 is 0. The monoisotopic (exact) mass is 363 g/mol. The molecule has 1 amide bonds. The smallest absolute Gasteiger partial charge is 0.305 e. The van der Waals surface area contributed by atoms with E-state index < -0.39 is 11.3 Å². The Kier molecular flexibility index (Phi) is 4.30. The Balaban J connectivity index is 1.89. The van der Waals surface area contributed by atoms with Gasteiger partial charge in [-0.25, -0.2) is 0 Å². The number of esters is 1. The van der Waals surface area contributed by atoms with Crippen molar-refractivity contribution in [3.63, 3.8) is 0 Å². The van der Waals surface area contributed by atoms with Crippen LogP contribution in [0.2, 0.25) is 0 Å². The van der Waals surface area contributed by atoms with Crippen molar-refractivity contribution in [3.05, 3.63) is 65.7 Å². The standard InChI is InChI=1S/C22H21NO4/c1-27-19(25)11-15-12-22(17-9-5-6-10-18(17)23-21(22)26)20(16(15)13-24)14-7-3-2-4-8-14/h2-10,13,15-16,20H,11-12H2,1H3,(H,23,26)/t15-,16+,20-,22-/m1/s1. The zero-order valence-corrected chi connectivity index (χ0v) is 15.1. The number of ether oxygens (including phenoxy) is 1. The van der Waals surface area contributed by atoms with E-state index in [9.17, 15) is 14.4 Å². The Morgan fingerprint density at radius 3 is 2.59 bits per heavy atom. The minimum absolute atomic E-state index is 0.100. The Bertz CT molecular complexity index is 894. The second-order valence-electron chi connectivity index (χ2n) is 7.32. The highest BCUT2D eigenvalue weighted by Crippen LogP contribution is 2.60. The van der Waals surface area contributed by atoms with Gasteiger partial charge < -0.3 is 14.8 Å². The van der Waals surface area contributed by atoms with Gasteiger partial charge in [-0.3, -0.25) is 9.59 Å². The van der Waals surface area contributed by atoms with Gasteiger partial charge in [-0.1, -0.05) is 48.5 Å². The van der Waals surface area contributed by atoms with E-state index in [2.05, 4.69) is 5.32 Å². The fraction of sp³-hybridized carbons (Fsp3) is 0.318. The molecule has 1 saturated carbocycles. The third-order valence-electron chi connectivity index (χ3n) is 6.08. The van der Waals surface area contributed by atoms with Gasteiger partial charge >= 0.3 is 5.97 Å². The van der Waals surface area contributed by atoms with E-state index in [4.69, 9.17) is 4.74 Å². The summed E-state index contributed by atoms with van der Waals surface area (Å²) < 4.78 is 4.84. The van der Waals surface area contributed by atoms with Crippen LogP contribution in [0.15, 0.2) is 54.6 Å². The van der Waals surface area contributed by atoms with E-state index >= 15 is 0 Å². The van der Waals surface area contributed by atoms with Gasteiger partial charge in [0.25, 0.3) is 0 Å². The Morgan fingerprint density at radius 1 is 1.19 bits per heavy atom. The van der Waals surface area contributed by atoms with Crippen molar-refractivity contribution in [2.24, 2.45) is 11.8 Å². The number of rotatable bonds is 4. The maximum atomic E-state index is 13.3. The maximum Gasteiger partial charge on any atom is 0.305 e. The van der Waals surface area contributed by atoms with E-state index in [0.29, 0.717) is 6.42 Å². The zero-order chi connectivity index (χ0) is 19.0. The molecule has 0 aromatic heterocycles. The predicted molar refractivity (Wildman–Crippen MR) is 100 cm³/mol. The molecule has 1 heterocycles. The van der Waals surface area contributed by atoms with Crippen LogP contribution in [0.5, 0.6) is 0 Å². The highest BCUT2D eigenvalue weighted by atomic mass is 16.5. The van der Waals surface area contributed by atoms with Crippen LogP contribution in [0.4, 0.5) is 5.69 Å². The molecule has 0 radical (unpaired) electrons. The van der Waals surface area contributed by atoms with E-state index in [1.807, 2.05) is 54.6 Å². The lowest BCUT2D eigenvalue weighted by Crippen LogP contribution is -2.38. The lowest BCUT2D eigenvalue weighted by atomic mass is 9.68. The van der Waals surface area contributed by atoms with Crippen molar-refractivity contribution < 1.29 is 19.1 Å². The van der Waals surface area contributed by atoms with Crippen LogP contribution in [0.3, 0.4) is 0 Å². The number of amides is 1. The lowest BCUT2D eigenvalue weighted by Gasteiger charge is -2.31. The molecule has 5 heteroatoms. The van der Waals surface area contributed by atoms with Crippen molar-refractivity contribution in [1.29, 1.82) is 0 Å². The van der Waals surface area contributed by atoms with Crippen molar-refractivity contribution in [1.82, 2.24) is 0 Å². The third-order valence-corrected chi connectivity index (χ3v) is 6.08. The molecule has 1 aliphatic heterocycles. The molecular weight excluding hydrogens is 342 g/mol. The number of benzene rings is 2. The summed E-state index contributed by atoms with van der Waals surface area (Å²) in [4.78, 5) is 37.4. The molecule has 1 spiro atoms. The average Bonchev–Trinajstić information content (AvgIpc) is 3.17. The maximum absolute atomic E-state index is 13.3. The molecule has 2 aromatic carbocycles. The number of methoxy groups -OCH3 is 1. The number of aldehydes is 1. The third kappa shape index (κ3) is 2.57. The van der Waals surface area contributed by atoms with Gasteiger partial charge in [-0.15, -0.1) is 0 Å². The largest absolute Gasteiger partial charge is 0.469 e. The van der Waals surface area contributed by atoms with Crippen LogP contribution in [0.25, 0.3) is 0 Å². The van der Waals surface area contributed by atoms with Crippen LogP contribution in [-0.2, 0) is 24.5 Å². The summed E-state index contributed by atoms with van der Waals surface area (Å²) in [5.74, 6) is -1.48. The number of nitrogens with one attached hydrogen (secondary N) is 1. The summed E-state index contributed by atoms with van der Waals surface area (Å²) in [6.07, 6.45) is 1.47. The zero-order valence-electron chi connectivity index (χ0n) is 15.1. The van der Waals surface area contributed by atoms with Crippen molar-refractivity contribution in [2.45, 2.75) is 24.2 Å². The van der Waals surface area contributed by atoms with Gasteiger partial charge in [0.05, 0.1) is 12.5 Å². The number of carbonyl (C=O) groups excluding carboxylic acids is 3. The summed E-state index contributed by atoms with van der Waals surface area (Å²) in [5, 5.41) is 2.99. The van der Waals surface area contributed by atoms with Crippen LogP contribution in [0.1, 0.15) is 29.9 Å². The topological polar surface area (TPSA) is 72.5 Å². The lowest BCUT2D eigenvalue weighted by molar-refractivity contribution is -0.142. The first-order valence-corrected chi connectivity index (χ1v) is 9.10. The molecule has 0 unspecified atom stereocenters. The number of hydrogen-bond acceptors (Lipinski definition) is 4. The minimum atomic E-state index is -0.859. The Labute approximate surface area is 157 Å². The van der Waals surface area contributed by atoms with Crippen LogP contribution < -0.4 is 5.32 Å². The average molecular weight is 363 g/mol. The molecule has 4 atom stereocenters. The fourth-order valence-electron chi connectivity index (χ4n) is 4.99. The molecule has 1 aliphatic carbocycles. The molecule has 0 bridgehead atoms. The number of para-hydroxylation sites is 1. The Morgan fingerprint density at radius 2 is 1.89 bits per heavy atom. The van der Waals surface area contributed by atoms with Crippen molar-refractivity contribution in [3.8, 4) is 0 Å². The molecule has 0 saturated heterocycles. The van der Waals surface area contributed by atoms with Gasteiger partial charge in [-0.05, 0) is 29.5 Å². The number of hydrogen-bond donors (Lipinski definition) is 1. The molecule has 4 rings (SSSR count). The van der Waals surface area contributed by atoms with E-state index in [1.165, 1.54) is 7.11 Å². The van der Waals surface area contributed by atoms with Crippen LogP contribution in [0, 0.1) is 11.8 Å². The number of fused-ring (bicyclic) bond motifs is 2. The summed E-state index contributed by atoms with van der Waals surface area (Å²) in [5.41, 5.74) is 1.77. The number of anilines is 1. The second kappa shape index (κ2) is 6.65. The van der Waals surface area contributed by atoms with Crippen LogP contribution in [-0.4, -0.2) is 25.3 Å². The van der Waals surface area contributed by atoms with E-state index in [-0.39, 0.29) is 30.1 Å². The quantitative estimate of drug-likeness (QED) is 0.669. The molecule has 1 N–H and O–H groups in total. The molecule has 2 aromatic rings. The summed E-state index contributed by atoms with van der Waals surface area (Å²) in [6.45, 7) is 0. The van der Waals surface area contributed by atoms with Crippen LogP contribution >= 0.6 is 0 Å². The minimum Gasteiger partial charge on any atom is -0.469 e. The highest BCUT2D eigenvalue weighted by molar-refractivity contribution is 6.07. The van der Waals surface area contributed by atoms with E-state index in [1.54, 1.807) is 0 Å². The summed E-state index contributed by atoms with van der Waals surface area (Å²) in [7, 11) is 1.34. The summed E-state index contributed by atoms with van der Waals surface area (Å²) in [6, 6.07) is 17.3. The Hall–Kier alpha value is -2.95. The van der Waals surface area contributed by atoms with Gasteiger partial charge in [0.2, 0.25) is 5.91 Å². The van der Waals surface area contributed by atoms with Gasteiger partial charge in [0.1, 0.15) is 6.29 Å². The molecule has 27 heavy (non-hydrogen) atoms. The SMILES string of the molecule is COC(=O)C[C@@H]1C[C@]2(C(=O)Nc3ccccc32)[C@H](c2ccccc2)[C@H]1C=O. The van der Waals surface area contributed by atoms with E-state index in [0.717, 1.165) is 23.1 Å². The first-order chi connectivity index (χ1) is 13.1. The van der Waals surface area contributed by atoms with Crippen molar-refractivity contribution in [2.75, 3.05) is 12.4 Å². The number of carbonyl (C=O) groups is 3. The highest BCUT2D eigenvalue weighted by Gasteiger charge is 2.62. The molecule has 5 nitrogen and oxygen atoms in total. The van der Waals surface area contributed by atoms with Gasteiger partial charge in [0.15, 0.2) is 0 Å². The van der Waals surface area contributed by atoms with Crippen molar-refractivity contribution >= 4 is 23.9 Å².